The van der Waals surface area contributed by atoms with Crippen molar-refractivity contribution in [2.24, 2.45) is 0 Å². The summed E-state index contributed by atoms with van der Waals surface area (Å²) in [5.74, 6) is -3.37. The van der Waals surface area contributed by atoms with E-state index in [1.165, 1.54) is 0 Å². The predicted molar refractivity (Wildman–Crippen MR) is 47.0 cm³/mol. The molecule has 0 unspecified atom stereocenters. The molecule has 0 aromatic heterocycles. The molecule has 0 aliphatic rings. The van der Waals surface area contributed by atoms with E-state index in [1.807, 2.05) is 0 Å². The Hall–Kier alpha value is -1.75. The molecular weight excluding hydrogens is 212 g/mol. The van der Waals surface area contributed by atoms with E-state index >= 15 is 0 Å². The topological polar surface area (TPSA) is 94.8 Å². The number of rotatable bonds is 2. The number of hydrogen-bond acceptors (Lipinski definition) is 3. The van der Waals surface area contributed by atoms with Gasteiger partial charge >= 0.3 is 11.9 Å². The van der Waals surface area contributed by atoms with Crippen LogP contribution in [0.25, 0.3) is 0 Å². The molecule has 0 saturated heterocycles. The van der Waals surface area contributed by atoms with Gasteiger partial charge in [-0.3, -0.25) is 0 Å². The van der Waals surface area contributed by atoms with Gasteiger partial charge in [-0.05, 0) is 12.1 Å². The molecule has 0 amide bonds. The van der Waals surface area contributed by atoms with E-state index in [2.05, 4.69) is 0 Å². The number of phenols is 1. The van der Waals surface area contributed by atoms with E-state index in [-0.39, 0.29) is 0 Å². The third kappa shape index (κ3) is 1.62. The van der Waals surface area contributed by atoms with Crippen molar-refractivity contribution >= 4 is 23.5 Å². The van der Waals surface area contributed by atoms with E-state index in [1.54, 1.807) is 0 Å². The Morgan fingerprint density at radius 2 is 1.71 bits per heavy atom. The zero-order valence-electron chi connectivity index (χ0n) is 6.69. The van der Waals surface area contributed by atoms with Crippen LogP contribution in [0.5, 0.6) is 5.75 Å². The Morgan fingerprint density at radius 1 is 1.14 bits per heavy atom. The molecule has 0 atom stereocenters. The molecule has 3 N–H and O–H groups in total. The van der Waals surface area contributed by atoms with E-state index in [4.69, 9.17) is 26.9 Å². The van der Waals surface area contributed by atoms with Crippen LogP contribution in [-0.2, 0) is 0 Å². The number of carboxylic acid groups (broad SMARTS) is 2. The predicted octanol–water partition coefficient (Wildman–Crippen LogP) is 1.44. The van der Waals surface area contributed by atoms with Crippen molar-refractivity contribution in [2.45, 2.75) is 0 Å². The number of hydrogen-bond donors (Lipinski definition) is 3. The highest BCUT2D eigenvalue weighted by molar-refractivity contribution is 6.35. The van der Waals surface area contributed by atoms with Gasteiger partial charge in [-0.2, -0.15) is 0 Å². The first-order valence-corrected chi connectivity index (χ1v) is 3.81. The molecular formula is C8H5ClO5. The summed E-state index contributed by atoms with van der Waals surface area (Å²) in [6, 6.07) is 2.01. The van der Waals surface area contributed by atoms with Crippen molar-refractivity contribution in [1.82, 2.24) is 0 Å². The van der Waals surface area contributed by atoms with Crippen LogP contribution in [0, 0.1) is 0 Å². The van der Waals surface area contributed by atoms with Gasteiger partial charge in [0.1, 0.15) is 5.75 Å². The molecule has 1 rings (SSSR count). The number of carboxylic acids is 2. The van der Waals surface area contributed by atoms with Crippen molar-refractivity contribution in [3.63, 3.8) is 0 Å². The van der Waals surface area contributed by atoms with Crippen molar-refractivity contribution in [3.05, 3.63) is 28.3 Å². The third-order valence-electron chi connectivity index (χ3n) is 1.57. The molecule has 0 fully saturated rings. The minimum absolute atomic E-state index is 0.458. The molecule has 0 aliphatic heterocycles. The summed E-state index contributed by atoms with van der Waals surface area (Å²) < 4.78 is 0. The fourth-order valence-corrected chi connectivity index (χ4v) is 1.20. The molecule has 14 heavy (non-hydrogen) atoms. The molecule has 0 bridgehead atoms. The standard InChI is InChI=1S/C8H5ClO5/c9-6-4(10)2-1-3(7(11)12)5(6)8(13)14/h1-2,10H,(H,11,12)(H,13,14). The fourth-order valence-electron chi connectivity index (χ4n) is 0.952. The lowest BCUT2D eigenvalue weighted by Crippen LogP contribution is -2.08. The normalized spacial score (nSPS) is 9.79. The van der Waals surface area contributed by atoms with Crippen LogP contribution in [-0.4, -0.2) is 27.3 Å². The van der Waals surface area contributed by atoms with Crippen LogP contribution in [0.15, 0.2) is 12.1 Å². The maximum Gasteiger partial charge on any atom is 0.338 e. The van der Waals surface area contributed by atoms with Crippen LogP contribution >= 0.6 is 11.6 Å². The lowest BCUT2D eigenvalue weighted by molar-refractivity contribution is 0.0651. The molecule has 74 valence electrons. The van der Waals surface area contributed by atoms with E-state index in [0.717, 1.165) is 12.1 Å². The molecule has 0 radical (unpaired) electrons. The Labute approximate surface area is 83.2 Å². The Balaban J connectivity index is 3.53. The first-order valence-electron chi connectivity index (χ1n) is 3.43. The summed E-state index contributed by atoms with van der Waals surface area (Å²) >= 11 is 5.44. The minimum atomic E-state index is -1.50. The summed E-state index contributed by atoms with van der Waals surface area (Å²) in [7, 11) is 0. The molecule has 5 nitrogen and oxygen atoms in total. The second-order valence-electron chi connectivity index (χ2n) is 2.43. The maximum atomic E-state index is 10.6. The van der Waals surface area contributed by atoms with Gasteiger partial charge in [0, 0.05) is 0 Å². The Bertz CT molecular complexity index is 412. The number of benzene rings is 1. The quantitative estimate of drug-likeness (QED) is 0.695. The van der Waals surface area contributed by atoms with Crippen LogP contribution in [0.3, 0.4) is 0 Å². The molecule has 0 aliphatic carbocycles. The molecule has 1 aromatic rings. The van der Waals surface area contributed by atoms with Gasteiger partial charge in [0.05, 0.1) is 16.1 Å². The van der Waals surface area contributed by atoms with Gasteiger partial charge in [0.2, 0.25) is 0 Å². The number of carbonyl (C=O) groups is 2. The number of phenolic OH excluding ortho intramolecular Hbond substituents is 1. The van der Waals surface area contributed by atoms with Gasteiger partial charge in [0.15, 0.2) is 0 Å². The lowest BCUT2D eigenvalue weighted by Gasteiger charge is -2.04. The average Bonchev–Trinajstić information content (AvgIpc) is 2.08. The monoisotopic (exact) mass is 216 g/mol. The van der Waals surface area contributed by atoms with Crippen molar-refractivity contribution < 1.29 is 24.9 Å². The first-order chi connectivity index (χ1) is 6.45. The highest BCUT2D eigenvalue weighted by atomic mass is 35.5. The molecule has 6 heteroatoms. The average molecular weight is 217 g/mol. The van der Waals surface area contributed by atoms with E-state index in [9.17, 15) is 9.59 Å². The number of aromatic carboxylic acids is 2. The van der Waals surface area contributed by atoms with Crippen LogP contribution in [0.1, 0.15) is 20.7 Å². The summed E-state index contributed by atoms with van der Waals surface area (Å²) in [5, 5.41) is 25.9. The van der Waals surface area contributed by atoms with E-state index < -0.39 is 33.8 Å². The summed E-state index contributed by atoms with van der Waals surface area (Å²) in [6.45, 7) is 0. The van der Waals surface area contributed by atoms with Gasteiger partial charge in [-0.25, -0.2) is 9.59 Å². The second-order valence-corrected chi connectivity index (χ2v) is 2.81. The van der Waals surface area contributed by atoms with Gasteiger partial charge < -0.3 is 15.3 Å². The van der Waals surface area contributed by atoms with Crippen LogP contribution in [0.4, 0.5) is 0 Å². The van der Waals surface area contributed by atoms with Crippen LogP contribution in [0.2, 0.25) is 5.02 Å². The first kappa shape index (κ1) is 10.3. The highest BCUT2D eigenvalue weighted by Gasteiger charge is 2.21. The number of halogens is 1. The van der Waals surface area contributed by atoms with Gasteiger partial charge in [0.25, 0.3) is 0 Å². The Morgan fingerprint density at radius 3 is 2.14 bits per heavy atom. The number of aromatic hydroxyl groups is 1. The largest absolute Gasteiger partial charge is 0.506 e. The summed E-state index contributed by atoms with van der Waals surface area (Å²) in [6.07, 6.45) is 0. The van der Waals surface area contributed by atoms with Gasteiger partial charge in [-0.15, -0.1) is 0 Å². The Kier molecular flexibility index (Phi) is 2.62. The summed E-state index contributed by atoms with van der Waals surface area (Å²) in [5.41, 5.74) is -1.07. The van der Waals surface area contributed by atoms with E-state index in [0.29, 0.717) is 0 Å². The second kappa shape index (κ2) is 3.55. The zero-order chi connectivity index (χ0) is 10.9. The maximum absolute atomic E-state index is 10.6. The van der Waals surface area contributed by atoms with Crippen molar-refractivity contribution in [3.8, 4) is 5.75 Å². The molecule has 1 aromatic carbocycles. The smallest absolute Gasteiger partial charge is 0.338 e. The van der Waals surface area contributed by atoms with Crippen LogP contribution < -0.4 is 0 Å². The lowest BCUT2D eigenvalue weighted by atomic mass is 10.1. The van der Waals surface area contributed by atoms with Gasteiger partial charge in [-0.1, -0.05) is 11.6 Å². The SMILES string of the molecule is O=C(O)c1ccc(O)c(Cl)c1C(=O)O. The molecule has 0 heterocycles. The summed E-state index contributed by atoms with van der Waals surface area (Å²) in [4.78, 5) is 21.2. The minimum Gasteiger partial charge on any atom is -0.506 e. The van der Waals surface area contributed by atoms with Crippen molar-refractivity contribution in [1.29, 1.82) is 0 Å². The third-order valence-corrected chi connectivity index (χ3v) is 1.95. The highest BCUT2D eigenvalue weighted by Crippen LogP contribution is 2.29. The molecule has 0 saturated carbocycles. The zero-order valence-corrected chi connectivity index (χ0v) is 7.45. The fraction of sp³-hybridized carbons (Fsp3) is 0. The van der Waals surface area contributed by atoms with Crippen molar-refractivity contribution in [2.75, 3.05) is 0 Å². The molecule has 0 spiro atoms.